The van der Waals surface area contributed by atoms with Crippen LogP contribution in [-0.4, -0.2) is 22.8 Å². The molecule has 0 aliphatic carbocycles. The Morgan fingerprint density at radius 3 is 2.53 bits per heavy atom. The number of nitrogens with one attached hydrogen (secondary N) is 1. The first-order valence-electron chi connectivity index (χ1n) is 5.64. The van der Waals surface area contributed by atoms with Crippen LogP contribution in [0.4, 0.5) is 4.79 Å². The van der Waals surface area contributed by atoms with Gasteiger partial charge in [-0.2, -0.15) is 0 Å². The van der Waals surface area contributed by atoms with E-state index in [2.05, 4.69) is 21.2 Å². The molecular formula is C12H16BrNO5. The van der Waals surface area contributed by atoms with Gasteiger partial charge in [0, 0.05) is 0 Å². The minimum atomic E-state index is -1.05. The summed E-state index contributed by atoms with van der Waals surface area (Å²) in [5.74, 6) is -0.700. The van der Waals surface area contributed by atoms with Gasteiger partial charge in [-0.25, -0.2) is 4.79 Å². The first-order chi connectivity index (χ1) is 8.67. The summed E-state index contributed by atoms with van der Waals surface area (Å²) in [7, 11) is 0. The average molecular weight is 334 g/mol. The number of hydrogen-bond acceptors (Lipinski definition) is 4. The summed E-state index contributed by atoms with van der Waals surface area (Å²) < 4.78 is 10.8. The monoisotopic (exact) mass is 333 g/mol. The van der Waals surface area contributed by atoms with Crippen molar-refractivity contribution in [2.45, 2.75) is 38.8 Å². The molecule has 0 saturated heterocycles. The van der Waals surface area contributed by atoms with Crippen LogP contribution in [0, 0.1) is 0 Å². The smallest absolute Gasteiger partial charge is 0.408 e. The van der Waals surface area contributed by atoms with Gasteiger partial charge in [0.05, 0.1) is 6.42 Å². The number of carbonyl (C=O) groups is 2. The minimum absolute atomic E-state index is 0.292. The molecule has 1 atom stereocenters. The van der Waals surface area contributed by atoms with Gasteiger partial charge in [-0.15, -0.1) is 0 Å². The SMILES string of the molecule is CC(C)(C)OC(=O)NC(CC(=O)O)c1ccc(Br)o1. The molecule has 0 saturated carbocycles. The van der Waals surface area contributed by atoms with Crippen molar-refractivity contribution in [3.8, 4) is 0 Å². The zero-order valence-electron chi connectivity index (χ0n) is 10.9. The fourth-order valence-corrected chi connectivity index (χ4v) is 1.68. The maximum Gasteiger partial charge on any atom is 0.408 e. The fourth-order valence-electron chi connectivity index (χ4n) is 1.36. The molecule has 0 aliphatic rings. The highest BCUT2D eigenvalue weighted by Gasteiger charge is 2.24. The Balaban J connectivity index is 2.76. The molecule has 1 unspecified atom stereocenters. The lowest BCUT2D eigenvalue weighted by molar-refractivity contribution is -0.137. The van der Waals surface area contributed by atoms with Gasteiger partial charge in [0.1, 0.15) is 17.4 Å². The Hall–Kier alpha value is -1.50. The highest BCUT2D eigenvalue weighted by molar-refractivity contribution is 9.10. The highest BCUT2D eigenvalue weighted by atomic mass is 79.9. The number of alkyl carbamates (subject to hydrolysis) is 1. The van der Waals surface area contributed by atoms with Crippen molar-refractivity contribution in [2.24, 2.45) is 0 Å². The van der Waals surface area contributed by atoms with Crippen molar-refractivity contribution in [3.05, 3.63) is 22.6 Å². The van der Waals surface area contributed by atoms with E-state index in [0.29, 0.717) is 10.4 Å². The summed E-state index contributed by atoms with van der Waals surface area (Å²) in [5.41, 5.74) is -0.651. The molecule has 0 bridgehead atoms. The Bertz CT molecular complexity index is 463. The van der Waals surface area contributed by atoms with Crippen LogP contribution in [0.25, 0.3) is 0 Å². The number of furan rings is 1. The second-order valence-electron chi connectivity index (χ2n) is 4.94. The van der Waals surface area contributed by atoms with Gasteiger partial charge in [-0.3, -0.25) is 4.79 Å². The van der Waals surface area contributed by atoms with E-state index in [-0.39, 0.29) is 6.42 Å². The number of hydrogen-bond donors (Lipinski definition) is 2. The predicted octanol–water partition coefficient (Wildman–Crippen LogP) is 3.08. The second-order valence-corrected chi connectivity index (χ2v) is 5.72. The number of halogens is 1. The molecule has 0 aromatic carbocycles. The summed E-state index contributed by atoms with van der Waals surface area (Å²) in [4.78, 5) is 22.5. The summed E-state index contributed by atoms with van der Waals surface area (Å²) in [6, 6.07) is 2.44. The molecule has 0 radical (unpaired) electrons. The van der Waals surface area contributed by atoms with Crippen LogP contribution in [0.15, 0.2) is 21.2 Å². The van der Waals surface area contributed by atoms with Gasteiger partial charge in [0.15, 0.2) is 4.67 Å². The summed E-state index contributed by atoms with van der Waals surface area (Å²) >= 11 is 3.12. The van der Waals surface area contributed by atoms with Crippen LogP contribution in [0.2, 0.25) is 0 Å². The maximum atomic E-state index is 11.7. The van der Waals surface area contributed by atoms with Crippen LogP contribution < -0.4 is 5.32 Å². The van der Waals surface area contributed by atoms with Crippen molar-refractivity contribution >= 4 is 28.0 Å². The first-order valence-corrected chi connectivity index (χ1v) is 6.43. The minimum Gasteiger partial charge on any atom is -0.481 e. The Kier molecular flexibility index (Phi) is 4.99. The zero-order chi connectivity index (χ0) is 14.6. The van der Waals surface area contributed by atoms with Gasteiger partial charge in [-0.05, 0) is 48.8 Å². The molecule has 0 fully saturated rings. The van der Waals surface area contributed by atoms with Gasteiger partial charge < -0.3 is 19.6 Å². The molecule has 106 valence electrons. The van der Waals surface area contributed by atoms with Crippen LogP contribution >= 0.6 is 15.9 Å². The topological polar surface area (TPSA) is 88.8 Å². The van der Waals surface area contributed by atoms with E-state index in [1.165, 1.54) is 0 Å². The van der Waals surface area contributed by atoms with E-state index >= 15 is 0 Å². The zero-order valence-corrected chi connectivity index (χ0v) is 12.5. The Morgan fingerprint density at radius 1 is 1.47 bits per heavy atom. The summed E-state index contributed by atoms with van der Waals surface area (Å²) in [6.07, 6.45) is -0.981. The van der Waals surface area contributed by atoms with Crippen LogP contribution in [0.5, 0.6) is 0 Å². The molecule has 1 aromatic rings. The van der Waals surface area contributed by atoms with E-state index in [1.807, 2.05) is 0 Å². The number of ether oxygens (including phenoxy) is 1. The Labute approximate surface area is 119 Å². The second kappa shape index (κ2) is 6.10. The Morgan fingerprint density at radius 2 is 2.11 bits per heavy atom. The molecule has 1 heterocycles. The molecule has 1 rings (SSSR count). The highest BCUT2D eigenvalue weighted by Crippen LogP contribution is 2.23. The van der Waals surface area contributed by atoms with Gasteiger partial charge in [0.25, 0.3) is 0 Å². The maximum absolute atomic E-state index is 11.7. The third-order valence-corrected chi connectivity index (χ3v) is 2.43. The number of carboxylic acids is 1. The summed E-state index contributed by atoms with van der Waals surface area (Å²) in [5, 5.41) is 11.3. The van der Waals surface area contributed by atoms with Crippen LogP contribution in [0.1, 0.15) is 39.0 Å². The van der Waals surface area contributed by atoms with E-state index in [9.17, 15) is 9.59 Å². The molecule has 0 spiro atoms. The largest absolute Gasteiger partial charge is 0.481 e. The van der Waals surface area contributed by atoms with Crippen LogP contribution in [0.3, 0.4) is 0 Å². The number of carbonyl (C=O) groups excluding carboxylic acids is 1. The molecule has 7 heteroatoms. The fraction of sp³-hybridized carbons (Fsp3) is 0.500. The van der Waals surface area contributed by atoms with E-state index in [0.717, 1.165) is 0 Å². The molecule has 1 amide bonds. The molecule has 6 nitrogen and oxygen atoms in total. The standard InChI is InChI=1S/C12H16BrNO5/c1-12(2,3)19-11(17)14-7(6-10(15)16)8-4-5-9(13)18-8/h4-5,7H,6H2,1-3H3,(H,14,17)(H,15,16). The number of amides is 1. The number of carboxylic acid groups (broad SMARTS) is 1. The molecule has 1 aromatic heterocycles. The van der Waals surface area contributed by atoms with E-state index in [4.69, 9.17) is 14.3 Å². The third kappa shape index (κ3) is 5.78. The first kappa shape index (κ1) is 15.6. The predicted molar refractivity (Wildman–Crippen MR) is 70.8 cm³/mol. The van der Waals surface area contributed by atoms with Crippen molar-refractivity contribution in [3.63, 3.8) is 0 Å². The quantitative estimate of drug-likeness (QED) is 0.883. The van der Waals surface area contributed by atoms with Crippen molar-refractivity contribution < 1.29 is 23.8 Å². The van der Waals surface area contributed by atoms with Crippen molar-refractivity contribution in [1.82, 2.24) is 5.32 Å². The lowest BCUT2D eigenvalue weighted by Crippen LogP contribution is -2.35. The lowest BCUT2D eigenvalue weighted by Gasteiger charge is -2.22. The van der Waals surface area contributed by atoms with Gasteiger partial charge >= 0.3 is 12.1 Å². The molecule has 0 aliphatic heterocycles. The molecule has 19 heavy (non-hydrogen) atoms. The average Bonchev–Trinajstić information content (AvgIpc) is 2.60. The van der Waals surface area contributed by atoms with Crippen molar-refractivity contribution in [2.75, 3.05) is 0 Å². The lowest BCUT2D eigenvalue weighted by atomic mass is 10.1. The molecular weight excluding hydrogens is 318 g/mol. The van der Waals surface area contributed by atoms with E-state index in [1.54, 1.807) is 32.9 Å². The third-order valence-electron chi connectivity index (χ3n) is 2.01. The summed E-state index contributed by atoms with van der Waals surface area (Å²) in [6.45, 7) is 5.17. The number of aliphatic carboxylic acids is 1. The van der Waals surface area contributed by atoms with Crippen molar-refractivity contribution in [1.29, 1.82) is 0 Å². The van der Waals surface area contributed by atoms with Crippen LogP contribution in [-0.2, 0) is 9.53 Å². The number of rotatable bonds is 4. The van der Waals surface area contributed by atoms with Gasteiger partial charge in [-0.1, -0.05) is 0 Å². The normalized spacial score (nSPS) is 12.8. The van der Waals surface area contributed by atoms with Gasteiger partial charge in [0.2, 0.25) is 0 Å². The molecule has 2 N–H and O–H groups in total. The van der Waals surface area contributed by atoms with E-state index < -0.39 is 23.7 Å².